The zero-order valence-corrected chi connectivity index (χ0v) is 12.2. The molecule has 3 nitrogen and oxygen atoms in total. The molecular weight excluding hydrogens is 294 g/mol. The van der Waals surface area contributed by atoms with Crippen LogP contribution in [-0.4, -0.2) is 18.6 Å². The summed E-state index contributed by atoms with van der Waals surface area (Å²) >= 11 is 3.46. The monoisotopic (exact) mass is 311 g/mol. The largest absolute Gasteiger partial charge is 0.463 e. The number of nitrogens with one attached hydrogen (secondary N) is 1. The molecule has 0 unspecified atom stereocenters. The highest BCUT2D eigenvalue weighted by Gasteiger charge is 2.35. The third kappa shape index (κ3) is 3.12. The summed E-state index contributed by atoms with van der Waals surface area (Å²) in [7, 11) is 0. The van der Waals surface area contributed by atoms with Crippen LogP contribution in [0.3, 0.4) is 0 Å². The van der Waals surface area contributed by atoms with Gasteiger partial charge in [0, 0.05) is 10.5 Å². The average Bonchev–Trinajstić information content (AvgIpc) is 2.76. The van der Waals surface area contributed by atoms with Crippen molar-refractivity contribution in [1.29, 1.82) is 0 Å². The first-order chi connectivity index (χ1) is 8.58. The van der Waals surface area contributed by atoms with Gasteiger partial charge in [0.2, 0.25) is 0 Å². The molecule has 2 atom stereocenters. The minimum absolute atomic E-state index is 0.0544. The fourth-order valence-electron chi connectivity index (χ4n) is 2.33. The predicted octanol–water partition coefficient (Wildman–Crippen LogP) is 3.05. The van der Waals surface area contributed by atoms with Crippen molar-refractivity contribution in [2.45, 2.75) is 32.4 Å². The van der Waals surface area contributed by atoms with E-state index in [4.69, 9.17) is 4.74 Å². The molecule has 1 heterocycles. The van der Waals surface area contributed by atoms with Crippen LogP contribution in [0.5, 0.6) is 0 Å². The molecule has 0 aromatic heterocycles. The van der Waals surface area contributed by atoms with E-state index in [0.717, 1.165) is 23.0 Å². The molecule has 4 heteroatoms. The topological polar surface area (TPSA) is 38.3 Å². The van der Waals surface area contributed by atoms with Crippen molar-refractivity contribution in [2.24, 2.45) is 5.92 Å². The molecule has 1 saturated heterocycles. The maximum Gasteiger partial charge on any atom is 0.311 e. The van der Waals surface area contributed by atoms with E-state index in [1.54, 1.807) is 0 Å². The Labute approximate surface area is 116 Å². The number of esters is 1. The van der Waals surface area contributed by atoms with E-state index in [-0.39, 0.29) is 24.0 Å². The van der Waals surface area contributed by atoms with Gasteiger partial charge in [-0.2, -0.15) is 0 Å². The second-order valence-corrected chi connectivity index (χ2v) is 5.78. The smallest absolute Gasteiger partial charge is 0.311 e. The minimum atomic E-state index is -0.0972. The maximum atomic E-state index is 12.1. The average molecular weight is 312 g/mol. The fourth-order valence-corrected chi connectivity index (χ4v) is 2.74. The summed E-state index contributed by atoms with van der Waals surface area (Å²) < 4.78 is 6.36. The number of carbonyl (C=O) groups is 1. The first-order valence-corrected chi connectivity index (χ1v) is 7.06. The normalized spacial score (nSPS) is 23.3. The molecule has 2 rings (SSSR count). The molecular formula is C14H18BrNO2. The zero-order valence-electron chi connectivity index (χ0n) is 10.7. The second-order valence-electron chi connectivity index (χ2n) is 4.87. The van der Waals surface area contributed by atoms with Crippen LogP contribution < -0.4 is 5.32 Å². The zero-order chi connectivity index (χ0) is 13.1. The summed E-state index contributed by atoms with van der Waals surface area (Å²) in [5.74, 6) is -0.179. The highest BCUT2D eigenvalue weighted by atomic mass is 79.9. The van der Waals surface area contributed by atoms with Gasteiger partial charge in [0.15, 0.2) is 0 Å². The Hall–Kier alpha value is -0.870. The highest BCUT2D eigenvalue weighted by Crippen LogP contribution is 2.32. The Morgan fingerprint density at radius 2 is 2.28 bits per heavy atom. The summed E-state index contributed by atoms with van der Waals surface area (Å²) in [5.41, 5.74) is 1.13. The molecule has 0 amide bonds. The Morgan fingerprint density at radius 1 is 1.50 bits per heavy atom. The van der Waals surface area contributed by atoms with Crippen molar-refractivity contribution < 1.29 is 9.53 Å². The van der Waals surface area contributed by atoms with E-state index in [0.29, 0.717) is 0 Å². The van der Waals surface area contributed by atoms with Crippen molar-refractivity contribution in [3.8, 4) is 0 Å². The van der Waals surface area contributed by atoms with Crippen LogP contribution in [-0.2, 0) is 9.53 Å². The van der Waals surface area contributed by atoms with E-state index in [1.165, 1.54) is 0 Å². The molecule has 1 aliphatic heterocycles. The summed E-state index contributed by atoms with van der Waals surface area (Å²) in [6.07, 6.45) is 0.782. The van der Waals surface area contributed by atoms with E-state index in [1.807, 2.05) is 32.0 Å². The molecule has 0 saturated carbocycles. The van der Waals surface area contributed by atoms with Gasteiger partial charge < -0.3 is 10.1 Å². The fraction of sp³-hybridized carbons (Fsp3) is 0.500. The van der Waals surface area contributed by atoms with Gasteiger partial charge in [0.25, 0.3) is 0 Å². The van der Waals surface area contributed by atoms with Crippen molar-refractivity contribution in [3.63, 3.8) is 0 Å². The lowest BCUT2D eigenvalue weighted by molar-refractivity contribution is -0.152. The predicted molar refractivity (Wildman–Crippen MR) is 74.2 cm³/mol. The van der Waals surface area contributed by atoms with E-state index in [9.17, 15) is 4.79 Å². The third-order valence-corrected chi connectivity index (χ3v) is 3.58. The SMILES string of the molecule is CC(C)OC(=O)[C@H]1CCN[C@H]1c1cccc(Br)c1. The number of rotatable bonds is 3. The van der Waals surface area contributed by atoms with Crippen molar-refractivity contribution >= 4 is 21.9 Å². The van der Waals surface area contributed by atoms with Gasteiger partial charge in [-0.05, 0) is 44.5 Å². The quantitative estimate of drug-likeness (QED) is 0.872. The van der Waals surface area contributed by atoms with E-state index < -0.39 is 0 Å². The maximum absolute atomic E-state index is 12.1. The van der Waals surface area contributed by atoms with Crippen molar-refractivity contribution in [3.05, 3.63) is 34.3 Å². The summed E-state index contributed by atoms with van der Waals surface area (Å²) in [4.78, 5) is 12.1. The van der Waals surface area contributed by atoms with Gasteiger partial charge in [0.05, 0.1) is 12.0 Å². The number of halogens is 1. The molecule has 1 aromatic carbocycles. The molecule has 0 spiro atoms. The number of hydrogen-bond donors (Lipinski definition) is 1. The molecule has 1 fully saturated rings. The Balaban J connectivity index is 2.14. The molecule has 1 aromatic rings. The molecule has 0 aliphatic carbocycles. The number of benzene rings is 1. The van der Waals surface area contributed by atoms with Gasteiger partial charge in [-0.15, -0.1) is 0 Å². The van der Waals surface area contributed by atoms with Crippen LogP contribution in [0.25, 0.3) is 0 Å². The standard InChI is InChI=1S/C14H18BrNO2/c1-9(2)18-14(17)12-6-7-16-13(12)10-4-3-5-11(15)8-10/h3-5,8-9,12-13,16H,6-7H2,1-2H3/t12-,13-/m0/s1. The van der Waals surface area contributed by atoms with Crippen LogP contribution in [0, 0.1) is 5.92 Å². The summed E-state index contributed by atoms with van der Waals surface area (Å²) in [6, 6.07) is 8.14. The third-order valence-electron chi connectivity index (χ3n) is 3.08. The molecule has 98 valence electrons. The lowest BCUT2D eigenvalue weighted by Crippen LogP contribution is -2.27. The van der Waals surface area contributed by atoms with Gasteiger partial charge in [0.1, 0.15) is 0 Å². The summed E-state index contributed by atoms with van der Waals surface area (Å²) in [5, 5.41) is 3.38. The van der Waals surface area contributed by atoms with Gasteiger partial charge >= 0.3 is 5.97 Å². The molecule has 0 bridgehead atoms. The number of hydrogen-bond acceptors (Lipinski definition) is 3. The lowest BCUT2D eigenvalue weighted by Gasteiger charge is -2.20. The molecule has 1 aliphatic rings. The Morgan fingerprint density at radius 3 is 2.94 bits per heavy atom. The van der Waals surface area contributed by atoms with Crippen LogP contribution in [0.4, 0.5) is 0 Å². The number of ether oxygens (including phenoxy) is 1. The first-order valence-electron chi connectivity index (χ1n) is 6.27. The van der Waals surface area contributed by atoms with Gasteiger partial charge in [-0.25, -0.2) is 0 Å². The van der Waals surface area contributed by atoms with Crippen LogP contribution >= 0.6 is 15.9 Å². The van der Waals surface area contributed by atoms with Crippen LogP contribution in [0.15, 0.2) is 28.7 Å². The Kier molecular flexibility index (Phi) is 4.40. The molecule has 18 heavy (non-hydrogen) atoms. The lowest BCUT2D eigenvalue weighted by atomic mass is 9.94. The second kappa shape index (κ2) is 5.85. The highest BCUT2D eigenvalue weighted by molar-refractivity contribution is 9.10. The van der Waals surface area contributed by atoms with Crippen LogP contribution in [0.2, 0.25) is 0 Å². The summed E-state index contributed by atoms with van der Waals surface area (Å²) in [6.45, 7) is 4.62. The van der Waals surface area contributed by atoms with E-state index in [2.05, 4.69) is 27.3 Å². The van der Waals surface area contributed by atoms with Crippen molar-refractivity contribution in [2.75, 3.05) is 6.54 Å². The van der Waals surface area contributed by atoms with Gasteiger partial charge in [-0.1, -0.05) is 28.1 Å². The molecule has 1 N–H and O–H groups in total. The molecule has 0 radical (unpaired) electrons. The van der Waals surface area contributed by atoms with E-state index >= 15 is 0 Å². The minimum Gasteiger partial charge on any atom is -0.463 e. The first kappa shape index (κ1) is 13.6. The Bertz CT molecular complexity index is 434. The van der Waals surface area contributed by atoms with Crippen LogP contribution in [0.1, 0.15) is 31.9 Å². The van der Waals surface area contributed by atoms with Gasteiger partial charge in [-0.3, -0.25) is 4.79 Å². The number of carbonyl (C=O) groups excluding carboxylic acids is 1. The van der Waals surface area contributed by atoms with Crippen molar-refractivity contribution in [1.82, 2.24) is 5.32 Å².